The molecule has 0 spiro atoms. The second-order valence-electron chi connectivity index (χ2n) is 10.7. The molecule has 1 saturated carbocycles. The molecule has 3 aromatic rings. The Morgan fingerprint density at radius 3 is 2.76 bits per heavy atom. The van der Waals surface area contributed by atoms with Crippen molar-refractivity contribution in [2.45, 2.75) is 75.3 Å². The number of nitrogens with zero attached hydrogens (tertiary/aromatic N) is 6. The van der Waals surface area contributed by atoms with E-state index in [-0.39, 0.29) is 35.1 Å². The Morgan fingerprint density at radius 2 is 2.05 bits per heavy atom. The van der Waals surface area contributed by atoms with Gasteiger partial charge < -0.3 is 15.3 Å². The van der Waals surface area contributed by atoms with Gasteiger partial charge in [-0.1, -0.05) is 6.07 Å². The standard InChI is InChI=1S/C26H29F2N7O2/c1-26-9-3-4-15(31-26)11-20(23(26)28)35(16-6-7-16)24-29-12-19(32-33-24)17-8-5-14(10-21(17)36)22-18(27)13-34(2)25(37)30-22/h5,8,10,12-13,15-16,20,23,31,36H,3-4,6-7,9,11H2,1-2H3/t15-,20+,23+,26-/m0/s1. The van der Waals surface area contributed by atoms with Crippen LogP contribution in [0.3, 0.4) is 0 Å². The molecule has 2 bridgehead atoms. The molecule has 2 N–H and O–H groups in total. The predicted molar refractivity (Wildman–Crippen MR) is 133 cm³/mol. The first kappa shape index (κ1) is 23.9. The fourth-order valence-corrected chi connectivity index (χ4v) is 5.87. The van der Waals surface area contributed by atoms with E-state index in [1.165, 1.54) is 19.3 Å². The van der Waals surface area contributed by atoms with E-state index in [4.69, 9.17) is 0 Å². The maximum absolute atomic E-state index is 15.8. The number of halogens is 2. The zero-order valence-electron chi connectivity index (χ0n) is 20.7. The molecule has 2 aliphatic heterocycles. The predicted octanol–water partition coefficient (Wildman–Crippen LogP) is 3.12. The highest BCUT2D eigenvalue weighted by Crippen LogP contribution is 2.42. The monoisotopic (exact) mass is 509 g/mol. The number of fused-ring (bicyclic) bond motifs is 2. The topological polar surface area (TPSA) is 109 Å². The zero-order valence-corrected chi connectivity index (χ0v) is 20.7. The molecule has 2 aromatic heterocycles. The van der Waals surface area contributed by atoms with Crippen molar-refractivity contribution in [3.8, 4) is 28.3 Å². The largest absolute Gasteiger partial charge is 0.507 e. The second-order valence-corrected chi connectivity index (χ2v) is 10.7. The molecular weight excluding hydrogens is 480 g/mol. The molecule has 9 nitrogen and oxygen atoms in total. The van der Waals surface area contributed by atoms with Gasteiger partial charge in [-0.25, -0.2) is 18.6 Å². The highest BCUT2D eigenvalue weighted by Gasteiger charge is 2.52. The number of aromatic nitrogens is 5. The minimum Gasteiger partial charge on any atom is -0.507 e. The first-order valence-electron chi connectivity index (χ1n) is 12.7. The van der Waals surface area contributed by atoms with Crippen molar-refractivity contribution in [1.82, 2.24) is 30.0 Å². The number of nitrogens with one attached hydrogen (secondary N) is 1. The smallest absolute Gasteiger partial charge is 0.348 e. The van der Waals surface area contributed by atoms with E-state index < -0.39 is 23.2 Å². The van der Waals surface area contributed by atoms with Gasteiger partial charge in [-0.3, -0.25) is 4.57 Å². The first-order chi connectivity index (χ1) is 17.7. The highest BCUT2D eigenvalue weighted by atomic mass is 19.1. The van der Waals surface area contributed by atoms with Crippen LogP contribution in [0.5, 0.6) is 5.75 Å². The third-order valence-electron chi connectivity index (χ3n) is 7.92. The van der Waals surface area contributed by atoms with Gasteiger partial charge in [0.25, 0.3) is 0 Å². The van der Waals surface area contributed by atoms with Crippen LogP contribution >= 0.6 is 0 Å². The van der Waals surface area contributed by atoms with E-state index in [0.717, 1.165) is 42.9 Å². The summed E-state index contributed by atoms with van der Waals surface area (Å²) in [5.74, 6) is -0.461. The van der Waals surface area contributed by atoms with Crippen LogP contribution in [0.4, 0.5) is 14.7 Å². The minimum atomic E-state index is -1.05. The van der Waals surface area contributed by atoms with Crippen LogP contribution < -0.4 is 15.9 Å². The average molecular weight is 510 g/mol. The number of alkyl halides is 1. The van der Waals surface area contributed by atoms with Gasteiger partial charge in [-0.2, -0.15) is 4.98 Å². The van der Waals surface area contributed by atoms with Crippen LogP contribution in [0, 0.1) is 5.82 Å². The molecule has 0 radical (unpaired) electrons. The Labute approximate surface area is 212 Å². The number of hydrogen-bond acceptors (Lipinski definition) is 8. The number of phenols is 1. The average Bonchev–Trinajstić information content (AvgIpc) is 3.70. The van der Waals surface area contributed by atoms with E-state index in [9.17, 15) is 14.3 Å². The first-order valence-corrected chi connectivity index (χ1v) is 12.7. The molecule has 194 valence electrons. The molecule has 4 atom stereocenters. The number of aryl methyl sites for hydroxylation is 1. The van der Waals surface area contributed by atoms with Gasteiger partial charge >= 0.3 is 5.69 Å². The van der Waals surface area contributed by atoms with Crippen LogP contribution in [0.1, 0.15) is 45.4 Å². The van der Waals surface area contributed by atoms with E-state index in [0.29, 0.717) is 23.6 Å². The number of hydrogen-bond donors (Lipinski definition) is 2. The zero-order chi connectivity index (χ0) is 25.9. The van der Waals surface area contributed by atoms with Gasteiger partial charge in [-0.05, 0) is 57.6 Å². The lowest BCUT2D eigenvalue weighted by Crippen LogP contribution is -2.69. The Morgan fingerprint density at radius 1 is 1.24 bits per heavy atom. The lowest BCUT2D eigenvalue weighted by molar-refractivity contribution is 0.0383. The Kier molecular flexibility index (Phi) is 5.70. The van der Waals surface area contributed by atoms with Gasteiger partial charge in [-0.15, -0.1) is 10.2 Å². The number of aromatic hydroxyl groups is 1. The van der Waals surface area contributed by atoms with E-state index in [1.807, 2.05) is 11.8 Å². The molecule has 1 aromatic carbocycles. The number of phenolic OH excluding ortho intramolecular Hbond substituents is 1. The molecule has 0 unspecified atom stereocenters. The summed E-state index contributed by atoms with van der Waals surface area (Å²) in [6.45, 7) is 1.98. The fraction of sp³-hybridized carbons (Fsp3) is 0.500. The molecule has 2 saturated heterocycles. The summed E-state index contributed by atoms with van der Waals surface area (Å²) in [6.07, 6.45) is 7.04. The van der Waals surface area contributed by atoms with E-state index in [2.05, 4.69) is 25.5 Å². The number of rotatable bonds is 5. The number of anilines is 1. The molecule has 37 heavy (non-hydrogen) atoms. The molecule has 3 aliphatic rings. The van der Waals surface area contributed by atoms with Crippen molar-refractivity contribution < 1.29 is 13.9 Å². The van der Waals surface area contributed by atoms with Gasteiger partial charge in [0.05, 0.1) is 12.2 Å². The Bertz CT molecular complexity index is 1390. The lowest BCUT2D eigenvalue weighted by Gasteiger charge is -2.52. The summed E-state index contributed by atoms with van der Waals surface area (Å²) in [4.78, 5) is 22.2. The summed E-state index contributed by atoms with van der Waals surface area (Å²) in [6, 6.07) is 4.60. The molecular formula is C26H29F2N7O2. The van der Waals surface area contributed by atoms with Gasteiger partial charge in [0.15, 0.2) is 5.82 Å². The van der Waals surface area contributed by atoms with Crippen molar-refractivity contribution in [3.05, 3.63) is 46.9 Å². The quantitative estimate of drug-likeness (QED) is 0.540. The molecule has 4 heterocycles. The maximum Gasteiger partial charge on any atom is 0.348 e. The Balaban J connectivity index is 1.28. The van der Waals surface area contributed by atoms with Crippen LogP contribution in [0.15, 0.2) is 35.4 Å². The van der Waals surface area contributed by atoms with Crippen molar-refractivity contribution in [2.24, 2.45) is 7.05 Å². The van der Waals surface area contributed by atoms with Crippen LogP contribution in [-0.2, 0) is 7.05 Å². The maximum atomic E-state index is 15.8. The highest BCUT2D eigenvalue weighted by molar-refractivity contribution is 5.72. The van der Waals surface area contributed by atoms with E-state index in [1.54, 1.807) is 12.1 Å². The summed E-state index contributed by atoms with van der Waals surface area (Å²) in [7, 11) is 1.41. The van der Waals surface area contributed by atoms with Crippen molar-refractivity contribution in [2.75, 3.05) is 4.90 Å². The fourth-order valence-electron chi connectivity index (χ4n) is 5.87. The van der Waals surface area contributed by atoms with E-state index >= 15 is 4.39 Å². The summed E-state index contributed by atoms with van der Waals surface area (Å²) in [5, 5.41) is 22.8. The SMILES string of the molecule is Cn1cc(F)c(-c2ccc(-c3cnc(N(C4CC4)[C@@H]4C[C@@H]5CCC[C@](C)(N5)[C@@H]4F)nn3)c(O)c2)nc1=O. The van der Waals surface area contributed by atoms with Crippen LogP contribution in [-0.4, -0.2) is 59.7 Å². The van der Waals surface area contributed by atoms with Gasteiger partial charge in [0, 0.05) is 42.0 Å². The Hall–Kier alpha value is -3.47. The summed E-state index contributed by atoms with van der Waals surface area (Å²) < 4.78 is 31.2. The molecule has 1 aliphatic carbocycles. The van der Waals surface area contributed by atoms with Gasteiger partial charge in [0.2, 0.25) is 5.95 Å². The third-order valence-corrected chi connectivity index (χ3v) is 7.92. The molecule has 11 heteroatoms. The van der Waals surface area contributed by atoms with Crippen molar-refractivity contribution in [3.63, 3.8) is 0 Å². The number of piperidine rings is 2. The number of benzene rings is 1. The molecule has 0 amide bonds. The molecule has 6 rings (SSSR count). The third kappa shape index (κ3) is 4.24. The van der Waals surface area contributed by atoms with Gasteiger partial charge in [0.1, 0.15) is 23.3 Å². The minimum absolute atomic E-state index is 0.147. The van der Waals surface area contributed by atoms with Crippen LogP contribution in [0.25, 0.3) is 22.5 Å². The van der Waals surface area contributed by atoms with Crippen molar-refractivity contribution >= 4 is 5.95 Å². The normalized spacial score (nSPS) is 27.2. The second kappa shape index (κ2) is 8.83. The lowest BCUT2D eigenvalue weighted by atomic mass is 9.73. The van der Waals surface area contributed by atoms with Crippen LogP contribution in [0.2, 0.25) is 0 Å². The molecule has 3 fully saturated rings. The van der Waals surface area contributed by atoms with Crippen molar-refractivity contribution in [1.29, 1.82) is 0 Å². The summed E-state index contributed by atoms with van der Waals surface area (Å²) in [5.41, 5.74) is -0.361. The summed E-state index contributed by atoms with van der Waals surface area (Å²) >= 11 is 0.